The zero-order chi connectivity index (χ0) is 16.4. The number of rotatable bonds is 4. The summed E-state index contributed by atoms with van der Waals surface area (Å²) in [6, 6.07) is 17.5. The van der Waals surface area contributed by atoms with Crippen LogP contribution in [0.15, 0.2) is 60.7 Å². The highest BCUT2D eigenvalue weighted by Gasteiger charge is 2.07. The van der Waals surface area contributed by atoms with Gasteiger partial charge in [-0.2, -0.15) is 0 Å². The van der Waals surface area contributed by atoms with Crippen LogP contribution in [0.3, 0.4) is 0 Å². The van der Waals surface area contributed by atoms with E-state index in [9.17, 15) is 14.9 Å². The summed E-state index contributed by atoms with van der Waals surface area (Å²) in [5.74, 6) is -0.501. The third-order valence-corrected chi connectivity index (χ3v) is 3.56. The molecule has 0 aliphatic heterocycles. The second kappa shape index (κ2) is 6.97. The van der Waals surface area contributed by atoms with Crippen molar-refractivity contribution < 1.29 is 9.72 Å². The molecule has 0 aliphatic rings. The minimum atomic E-state index is -0.501. The molecule has 1 amide bonds. The number of primary amides is 1. The van der Waals surface area contributed by atoms with Crippen LogP contribution in [0.1, 0.15) is 10.5 Å². The van der Waals surface area contributed by atoms with E-state index in [-0.39, 0.29) is 18.1 Å². The van der Waals surface area contributed by atoms with Crippen LogP contribution < -0.4 is 5.73 Å². The Labute approximate surface area is 143 Å². The lowest BCUT2D eigenvalue weighted by Crippen LogP contribution is -2.10. The minimum Gasteiger partial charge on any atom is -0.364 e. The normalized spacial score (nSPS) is 10.0. The fourth-order valence-corrected chi connectivity index (χ4v) is 2.33. The summed E-state index contributed by atoms with van der Waals surface area (Å²) in [6.45, 7) is 0. The number of hydrogen-bond donors (Lipinski definition) is 2. The van der Waals surface area contributed by atoms with Gasteiger partial charge in [-0.3, -0.25) is 14.9 Å². The van der Waals surface area contributed by atoms with Gasteiger partial charge in [0.05, 0.1) is 4.92 Å². The van der Waals surface area contributed by atoms with Crippen molar-refractivity contribution in [2.45, 2.75) is 0 Å². The molecule has 0 fully saturated rings. The van der Waals surface area contributed by atoms with Crippen LogP contribution in [0, 0.1) is 10.1 Å². The van der Waals surface area contributed by atoms with Gasteiger partial charge in [0.25, 0.3) is 11.6 Å². The van der Waals surface area contributed by atoms with Crippen LogP contribution in [-0.4, -0.2) is 15.8 Å². The maximum Gasteiger partial charge on any atom is 0.269 e. The van der Waals surface area contributed by atoms with E-state index in [0.29, 0.717) is 5.69 Å². The van der Waals surface area contributed by atoms with E-state index in [4.69, 9.17) is 5.73 Å². The molecule has 3 N–H and O–H groups in total. The smallest absolute Gasteiger partial charge is 0.269 e. The predicted octanol–water partition coefficient (Wildman–Crippen LogP) is 3.78. The summed E-state index contributed by atoms with van der Waals surface area (Å²) in [6.07, 6.45) is 0. The minimum absolute atomic E-state index is 0. The van der Waals surface area contributed by atoms with Crippen LogP contribution in [0.25, 0.3) is 22.4 Å². The average Bonchev–Trinajstić information content (AvgIpc) is 3.05. The molecule has 122 valence electrons. The van der Waals surface area contributed by atoms with E-state index >= 15 is 0 Å². The number of nitro benzene ring substituents is 1. The fourth-order valence-electron chi connectivity index (χ4n) is 2.33. The second-order valence-corrected chi connectivity index (χ2v) is 5.03. The van der Waals surface area contributed by atoms with Crippen LogP contribution in [0.4, 0.5) is 5.69 Å². The molecule has 0 aliphatic carbocycles. The van der Waals surface area contributed by atoms with Crippen LogP contribution in [0.5, 0.6) is 0 Å². The molecule has 2 aromatic carbocycles. The molecule has 0 spiro atoms. The summed E-state index contributed by atoms with van der Waals surface area (Å²) in [7, 11) is 0. The molecule has 3 aromatic rings. The fraction of sp³-hybridized carbons (Fsp3) is 0. The molecular weight excluding hydrogens is 330 g/mol. The summed E-state index contributed by atoms with van der Waals surface area (Å²) in [5, 5.41) is 10.7. The van der Waals surface area contributed by atoms with Gasteiger partial charge >= 0.3 is 0 Å². The third-order valence-electron chi connectivity index (χ3n) is 3.56. The van der Waals surface area contributed by atoms with Crippen LogP contribution in [0.2, 0.25) is 0 Å². The highest BCUT2D eigenvalue weighted by atomic mass is 35.5. The molecule has 0 atom stereocenters. The van der Waals surface area contributed by atoms with Crippen molar-refractivity contribution in [3.8, 4) is 22.4 Å². The quantitative estimate of drug-likeness (QED) is 0.556. The molecule has 0 radical (unpaired) electrons. The number of nitro groups is 1. The first kappa shape index (κ1) is 17.2. The Bertz CT molecular complexity index is 871. The monoisotopic (exact) mass is 343 g/mol. The van der Waals surface area contributed by atoms with Crippen molar-refractivity contribution in [1.82, 2.24) is 4.98 Å². The number of nitrogens with two attached hydrogens (primary N) is 1. The predicted molar refractivity (Wildman–Crippen MR) is 94.1 cm³/mol. The lowest BCUT2D eigenvalue weighted by atomic mass is 10.0. The van der Waals surface area contributed by atoms with E-state index in [0.717, 1.165) is 22.4 Å². The van der Waals surface area contributed by atoms with E-state index < -0.39 is 10.8 Å². The van der Waals surface area contributed by atoms with Crippen molar-refractivity contribution in [3.63, 3.8) is 0 Å². The molecule has 0 bridgehead atoms. The van der Waals surface area contributed by atoms with Crippen molar-refractivity contribution in [1.29, 1.82) is 0 Å². The van der Waals surface area contributed by atoms with Gasteiger partial charge in [0.15, 0.2) is 0 Å². The number of halogens is 1. The summed E-state index contributed by atoms with van der Waals surface area (Å²) in [4.78, 5) is 24.3. The highest BCUT2D eigenvalue weighted by molar-refractivity contribution is 5.92. The molecule has 24 heavy (non-hydrogen) atoms. The second-order valence-electron chi connectivity index (χ2n) is 5.03. The van der Waals surface area contributed by atoms with Gasteiger partial charge in [-0.15, -0.1) is 12.4 Å². The number of nitrogens with one attached hydrogen (secondary N) is 1. The lowest BCUT2D eigenvalue weighted by molar-refractivity contribution is -0.384. The molecule has 6 nitrogen and oxygen atoms in total. The number of benzene rings is 2. The number of hydrogen-bond acceptors (Lipinski definition) is 3. The molecule has 0 saturated carbocycles. The Morgan fingerprint density at radius 2 is 1.38 bits per heavy atom. The van der Waals surface area contributed by atoms with Gasteiger partial charge in [0.2, 0.25) is 0 Å². The Kier molecular flexibility index (Phi) is 5.01. The number of aromatic nitrogens is 1. The van der Waals surface area contributed by atoms with Crippen LogP contribution in [-0.2, 0) is 0 Å². The van der Waals surface area contributed by atoms with Crippen molar-refractivity contribution in [2.75, 3.05) is 0 Å². The van der Waals surface area contributed by atoms with Gasteiger partial charge in [0, 0.05) is 17.8 Å². The van der Waals surface area contributed by atoms with E-state index in [1.807, 2.05) is 24.3 Å². The van der Waals surface area contributed by atoms with E-state index in [1.165, 1.54) is 12.1 Å². The van der Waals surface area contributed by atoms with Crippen LogP contribution >= 0.6 is 12.4 Å². The molecule has 1 aromatic heterocycles. The lowest BCUT2D eigenvalue weighted by Gasteiger charge is -2.04. The Morgan fingerprint density at radius 3 is 1.83 bits per heavy atom. The number of carbonyl (C=O) groups excluding carboxylic acids is 1. The van der Waals surface area contributed by atoms with Gasteiger partial charge in [-0.05, 0) is 41.0 Å². The Balaban J connectivity index is 0.00000208. The largest absolute Gasteiger partial charge is 0.364 e. The first-order valence-electron chi connectivity index (χ1n) is 6.88. The number of H-pyrrole nitrogens is 1. The molecule has 0 unspecified atom stereocenters. The SMILES string of the molecule is Cl.NC(=O)c1ccc(-c2ccc(-c3ccc([N+](=O)[O-])cc3)cc2)[nH]1. The zero-order valence-corrected chi connectivity index (χ0v) is 13.2. The van der Waals surface area contributed by atoms with Gasteiger partial charge < -0.3 is 10.7 Å². The van der Waals surface area contributed by atoms with E-state index in [2.05, 4.69) is 4.98 Å². The molecule has 7 heteroatoms. The summed E-state index contributed by atoms with van der Waals surface area (Å²) < 4.78 is 0. The highest BCUT2D eigenvalue weighted by Crippen LogP contribution is 2.26. The van der Waals surface area contributed by atoms with Crippen molar-refractivity contribution >= 4 is 24.0 Å². The Morgan fingerprint density at radius 1 is 0.875 bits per heavy atom. The van der Waals surface area contributed by atoms with Gasteiger partial charge in [-0.25, -0.2) is 0 Å². The van der Waals surface area contributed by atoms with E-state index in [1.54, 1.807) is 24.3 Å². The molecule has 0 saturated heterocycles. The maximum atomic E-state index is 11.1. The number of nitrogens with zero attached hydrogens (tertiary/aromatic N) is 1. The summed E-state index contributed by atoms with van der Waals surface area (Å²) in [5.41, 5.74) is 9.21. The Hall–Kier alpha value is -3.12. The standard InChI is InChI=1S/C17H13N3O3.ClH/c18-17(21)16-10-9-15(19-16)13-3-1-11(2-4-13)12-5-7-14(8-6-12)20(22)23;/h1-10,19H,(H2,18,21);1H. The molecular formula is C17H14ClN3O3. The van der Waals surface area contributed by atoms with Crippen molar-refractivity contribution in [3.05, 3.63) is 76.5 Å². The van der Waals surface area contributed by atoms with Gasteiger partial charge in [0.1, 0.15) is 5.69 Å². The maximum absolute atomic E-state index is 11.1. The zero-order valence-electron chi connectivity index (χ0n) is 12.4. The first-order valence-corrected chi connectivity index (χ1v) is 6.88. The number of aromatic amines is 1. The number of carbonyl (C=O) groups is 1. The third kappa shape index (κ3) is 3.44. The molecule has 3 rings (SSSR count). The first-order chi connectivity index (χ1) is 11.0. The number of amides is 1. The number of non-ortho nitro benzene ring substituents is 1. The van der Waals surface area contributed by atoms with Gasteiger partial charge in [-0.1, -0.05) is 24.3 Å². The van der Waals surface area contributed by atoms with Crippen molar-refractivity contribution in [2.24, 2.45) is 5.73 Å². The topological polar surface area (TPSA) is 102 Å². The average molecular weight is 344 g/mol. The molecule has 1 heterocycles. The summed E-state index contributed by atoms with van der Waals surface area (Å²) >= 11 is 0.